The molecule has 0 amide bonds. The molecule has 0 aliphatic carbocycles. The lowest BCUT2D eigenvalue weighted by molar-refractivity contribution is 0.173. The number of methoxy groups -OCH3 is 1. The highest BCUT2D eigenvalue weighted by Crippen LogP contribution is 2.21. The van der Waals surface area contributed by atoms with E-state index < -0.39 is 0 Å². The molecule has 10 heteroatoms. The van der Waals surface area contributed by atoms with Crippen LogP contribution in [0.3, 0.4) is 0 Å². The monoisotopic (exact) mass is 455 g/mol. The number of piperazine rings is 1. The summed E-state index contributed by atoms with van der Waals surface area (Å²) in [6, 6.07) is 10.0. The highest BCUT2D eigenvalue weighted by atomic mass is 16.5. The SMILES string of the molecule is COC[C@H]1CN(c2ccccn2)CCN1c1ncc(/C=C/c2ccc(-n3cnnc3)nc2)cn1. The molecule has 0 radical (unpaired) electrons. The molecule has 0 unspecified atom stereocenters. The molecule has 1 aliphatic heterocycles. The van der Waals surface area contributed by atoms with Crippen molar-refractivity contribution in [3.05, 3.63) is 78.9 Å². The maximum atomic E-state index is 5.49. The van der Waals surface area contributed by atoms with Crippen LogP contribution in [0.2, 0.25) is 0 Å². The van der Waals surface area contributed by atoms with E-state index in [1.165, 1.54) is 0 Å². The zero-order valence-corrected chi connectivity index (χ0v) is 18.8. The van der Waals surface area contributed by atoms with Gasteiger partial charge in [-0.1, -0.05) is 18.2 Å². The van der Waals surface area contributed by atoms with Gasteiger partial charge in [0.25, 0.3) is 0 Å². The maximum absolute atomic E-state index is 5.49. The number of rotatable bonds is 7. The van der Waals surface area contributed by atoms with Gasteiger partial charge in [-0.3, -0.25) is 4.57 Å². The molecule has 5 rings (SSSR count). The Kier molecular flexibility index (Phi) is 6.48. The largest absolute Gasteiger partial charge is 0.382 e. The Balaban J connectivity index is 1.25. The fourth-order valence-electron chi connectivity index (χ4n) is 3.93. The molecule has 0 aromatic carbocycles. The third-order valence-corrected chi connectivity index (χ3v) is 5.65. The molecule has 5 heterocycles. The van der Waals surface area contributed by atoms with Gasteiger partial charge in [-0.25, -0.2) is 19.9 Å². The number of ether oxygens (including phenoxy) is 1. The van der Waals surface area contributed by atoms with E-state index in [-0.39, 0.29) is 6.04 Å². The average molecular weight is 456 g/mol. The van der Waals surface area contributed by atoms with Crippen molar-refractivity contribution in [2.45, 2.75) is 6.04 Å². The third kappa shape index (κ3) is 4.91. The molecule has 1 saturated heterocycles. The van der Waals surface area contributed by atoms with Crippen LogP contribution in [0.15, 0.2) is 67.8 Å². The van der Waals surface area contributed by atoms with Crippen LogP contribution in [0.25, 0.3) is 18.0 Å². The lowest BCUT2D eigenvalue weighted by atomic mass is 10.2. The molecule has 0 saturated carbocycles. The fraction of sp³-hybridized carbons (Fsp3) is 0.250. The minimum atomic E-state index is 0.137. The summed E-state index contributed by atoms with van der Waals surface area (Å²) in [5, 5.41) is 7.60. The second-order valence-corrected chi connectivity index (χ2v) is 7.91. The smallest absolute Gasteiger partial charge is 0.225 e. The van der Waals surface area contributed by atoms with Crippen molar-refractivity contribution in [3.8, 4) is 5.82 Å². The third-order valence-electron chi connectivity index (χ3n) is 5.65. The predicted octanol–water partition coefficient (Wildman–Crippen LogP) is 2.36. The molecule has 0 spiro atoms. The van der Waals surface area contributed by atoms with Gasteiger partial charge in [0.15, 0.2) is 0 Å². The van der Waals surface area contributed by atoms with Crippen molar-refractivity contribution < 1.29 is 4.74 Å². The molecule has 4 aromatic heterocycles. The molecule has 1 aliphatic rings. The minimum absolute atomic E-state index is 0.137. The number of pyridine rings is 2. The second kappa shape index (κ2) is 10.2. The van der Waals surface area contributed by atoms with Crippen molar-refractivity contribution in [3.63, 3.8) is 0 Å². The molecular formula is C24H25N9O. The Morgan fingerprint density at radius 1 is 0.882 bits per heavy atom. The molecule has 0 N–H and O–H groups in total. The molecule has 172 valence electrons. The van der Waals surface area contributed by atoms with Crippen LogP contribution in [0.1, 0.15) is 11.1 Å². The van der Waals surface area contributed by atoms with Crippen LogP contribution in [-0.2, 0) is 4.74 Å². The van der Waals surface area contributed by atoms with E-state index in [4.69, 9.17) is 4.74 Å². The number of nitrogens with zero attached hydrogens (tertiary/aromatic N) is 9. The van der Waals surface area contributed by atoms with Gasteiger partial charge in [-0.15, -0.1) is 10.2 Å². The summed E-state index contributed by atoms with van der Waals surface area (Å²) in [5.41, 5.74) is 1.90. The Labute approximate surface area is 197 Å². The van der Waals surface area contributed by atoms with Gasteiger partial charge in [0.2, 0.25) is 5.95 Å². The molecule has 1 atom stereocenters. The van der Waals surface area contributed by atoms with Crippen LogP contribution in [0.4, 0.5) is 11.8 Å². The first-order valence-electron chi connectivity index (χ1n) is 11.0. The lowest BCUT2D eigenvalue weighted by Gasteiger charge is -2.41. The molecule has 10 nitrogen and oxygen atoms in total. The lowest BCUT2D eigenvalue weighted by Crippen LogP contribution is -2.56. The summed E-state index contributed by atoms with van der Waals surface area (Å²) in [6.45, 7) is 3.03. The highest BCUT2D eigenvalue weighted by molar-refractivity contribution is 5.68. The zero-order chi connectivity index (χ0) is 23.2. The topological polar surface area (TPSA) is 98.0 Å². The maximum Gasteiger partial charge on any atom is 0.225 e. The quantitative estimate of drug-likeness (QED) is 0.416. The summed E-state index contributed by atoms with van der Waals surface area (Å²) in [7, 11) is 1.72. The van der Waals surface area contributed by atoms with Crippen molar-refractivity contribution in [1.82, 2.24) is 34.7 Å². The van der Waals surface area contributed by atoms with Crippen LogP contribution < -0.4 is 9.80 Å². The summed E-state index contributed by atoms with van der Waals surface area (Å²) in [4.78, 5) is 22.7. The van der Waals surface area contributed by atoms with E-state index in [0.29, 0.717) is 12.6 Å². The van der Waals surface area contributed by atoms with Gasteiger partial charge in [-0.05, 0) is 29.8 Å². The van der Waals surface area contributed by atoms with E-state index in [1.54, 1.807) is 30.5 Å². The van der Waals surface area contributed by atoms with Crippen LogP contribution in [0, 0.1) is 0 Å². The summed E-state index contributed by atoms with van der Waals surface area (Å²) in [6.07, 6.45) is 14.5. The van der Waals surface area contributed by atoms with Crippen molar-refractivity contribution >= 4 is 23.9 Å². The summed E-state index contributed by atoms with van der Waals surface area (Å²) >= 11 is 0. The molecular weight excluding hydrogens is 430 g/mol. The number of hydrogen-bond acceptors (Lipinski definition) is 9. The predicted molar refractivity (Wildman–Crippen MR) is 130 cm³/mol. The first-order chi connectivity index (χ1) is 16.8. The van der Waals surface area contributed by atoms with Gasteiger partial charge in [-0.2, -0.15) is 0 Å². The van der Waals surface area contributed by atoms with Gasteiger partial charge in [0.05, 0.1) is 12.6 Å². The summed E-state index contributed by atoms with van der Waals surface area (Å²) in [5.74, 6) is 2.46. The van der Waals surface area contributed by atoms with E-state index >= 15 is 0 Å². The minimum Gasteiger partial charge on any atom is -0.382 e. The first kappa shape index (κ1) is 21.7. The van der Waals surface area contributed by atoms with Gasteiger partial charge in [0.1, 0.15) is 24.3 Å². The van der Waals surface area contributed by atoms with Crippen LogP contribution in [-0.4, -0.2) is 74.1 Å². The average Bonchev–Trinajstić information content (AvgIpc) is 3.44. The highest BCUT2D eigenvalue weighted by Gasteiger charge is 2.29. The summed E-state index contributed by atoms with van der Waals surface area (Å²) < 4.78 is 7.25. The van der Waals surface area contributed by atoms with Crippen LogP contribution >= 0.6 is 0 Å². The Bertz CT molecular complexity index is 1200. The Hall–Kier alpha value is -4.18. The van der Waals surface area contributed by atoms with E-state index in [0.717, 1.165) is 42.4 Å². The standard InChI is InChI=1S/C24H25N9O/c1-34-16-21-15-31(22-4-2-3-9-25-22)10-11-33(21)24-27-13-20(14-28-24)6-5-19-7-8-23(26-12-19)32-17-29-30-18-32/h2-9,12-14,17-18,21H,10-11,15-16H2,1H3/b6-5+/t21-/m1/s1. The molecule has 34 heavy (non-hydrogen) atoms. The zero-order valence-electron chi connectivity index (χ0n) is 18.8. The fourth-order valence-corrected chi connectivity index (χ4v) is 3.93. The normalized spacial score (nSPS) is 16.3. The van der Waals surface area contributed by atoms with Gasteiger partial charge >= 0.3 is 0 Å². The Morgan fingerprint density at radius 2 is 1.68 bits per heavy atom. The number of anilines is 2. The van der Waals surface area contributed by atoms with E-state index in [1.807, 2.05) is 61.1 Å². The van der Waals surface area contributed by atoms with Crippen LogP contribution in [0.5, 0.6) is 0 Å². The Morgan fingerprint density at radius 3 is 2.38 bits per heavy atom. The first-order valence-corrected chi connectivity index (χ1v) is 11.0. The van der Waals surface area contributed by atoms with Crippen molar-refractivity contribution in [2.75, 3.05) is 43.2 Å². The van der Waals surface area contributed by atoms with Gasteiger partial charge < -0.3 is 14.5 Å². The van der Waals surface area contributed by atoms with Crippen molar-refractivity contribution in [2.24, 2.45) is 0 Å². The molecule has 0 bridgehead atoms. The van der Waals surface area contributed by atoms with Gasteiger partial charge in [0, 0.05) is 57.1 Å². The second-order valence-electron chi connectivity index (χ2n) is 7.91. The van der Waals surface area contributed by atoms with E-state index in [2.05, 4.69) is 39.9 Å². The van der Waals surface area contributed by atoms with Crippen molar-refractivity contribution in [1.29, 1.82) is 0 Å². The number of aromatic nitrogens is 7. The molecule has 1 fully saturated rings. The number of hydrogen-bond donors (Lipinski definition) is 0. The van der Waals surface area contributed by atoms with E-state index in [9.17, 15) is 0 Å². The molecule has 4 aromatic rings.